The molecule has 23 heavy (non-hydrogen) atoms. The van der Waals surface area contributed by atoms with Crippen molar-refractivity contribution in [2.75, 3.05) is 6.54 Å². The first kappa shape index (κ1) is 16.2. The molecule has 3 rings (SSSR count). The Morgan fingerprint density at radius 2 is 2.00 bits per heavy atom. The van der Waals surface area contributed by atoms with Crippen LogP contribution in [0.15, 0.2) is 65.1 Å². The lowest BCUT2D eigenvalue weighted by Crippen LogP contribution is -2.31. The number of rotatable bonds is 6. The first-order valence-corrected chi connectivity index (χ1v) is 9.58. The first-order valence-electron chi connectivity index (χ1n) is 6.84. The maximum Gasteiger partial charge on any atom is 0.240 e. The van der Waals surface area contributed by atoms with E-state index in [1.54, 1.807) is 34.3 Å². The predicted molar refractivity (Wildman–Crippen MR) is 91.3 cm³/mol. The average Bonchev–Trinajstić information content (AvgIpc) is 3.21. The van der Waals surface area contributed by atoms with Crippen LogP contribution in [0.25, 0.3) is 0 Å². The molecule has 8 heteroatoms. The summed E-state index contributed by atoms with van der Waals surface area (Å²) in [7, 11) is -3.60. The normalized spacial score (nSPS) is 13.1. The Bertz CT molecular complexity index is 811. The van der Waals surface area contributed by atoms with Gasteiger partial charge < -0.3 is 0 Å². The van der Waals surface area contributed by atoms with Gasteiger partial charge in [0.05, 0.1) is 10.9 Å². The molecule has 2 aromatic heterocycles. The third kappa shape index (κ3) is 3.81. The standard InChI is InChI=1S/C15H14ClN3O2S2/c16-12-4-6-13(7-5-12)23(20,21)18-11-14(15-3-1-10-22-15)19-9-2-8-17-19/h1-10,14,18H,11H2. The molecule has 0 saturated carbocycles. The molecule has 3 aromatic rings. The van der Waals surface area contributed by atoms with E-state index in [0.29, 0.717) is 5.02 Å². The maximum absolute atomic E-state index is 12.4. The SMILES string of the molecule is O=S(=O)(NCC(c1cccs1)n1cccn1)c1ccc(Cl)cc1. The Kier molecular flexibility index (Phi) is 4.82. The van der Waals surface area contributed by atoms with E-state index in [9.17, 15) is 8.42 Å². The molecule has 2 heterocycles. The monoisotopic (exact) mass is 367 g/mol. The predicted octanol–water partition coefficient (Wildman–Crippen LogP) is 3.17. The van der Waals surface area contributed by atoms with Crippen molar-refractivity contribution in [3.63, 3.8) is 0 Å². The van der Waals surface area contributed by atoms with E-state index in [4.69, 9.17) is 11.6 Å². The lowest BCUT2D eigenvalue weighted by molar-refractivity contribution is 0.511. The van der Waals surface area contributed by atoms with E-state index in [1.165, 1.54) is 12.1 Å². The molecule has 0 saturated heterocycles. The van der Waals surface area contributed by atoms with Crippen LogP contribution in [0.1, 0.15) is 10.9 Å². The van der Waals surface area contributed by atoms with Gasteiger partial charge in [0.25, 0.3) is 0 Å². The second-order valence-electron chi connectivity index (χ2n) is 4.82. The molecular weight excluding hydrogens is 354 g/mol. The molecule has 0 aliphatic carbocycles. The molecule has 1 atom stereocenters. The van der Waals surface area contributed by atoms with Crippen molar-refractivity contribution in [3.05, 3.63) is 70.1 Å². The van der Waals surface area contributed by atoms with Gasteiger partial charge in [0.15, 0.2) is 0 Å². The largest absolute Gasteiger partial charge is 0.263 e. The Balaban J connectivity index is 1.80. The van der Waals surface area contributed by atoms with Crippen molar-refractivity contribution in [1.29, 1.82) is 0 Å². The lowest BCUT2D eigenvalue weighted by Gasteiger charge is -2.17. The minimum Gasteiger partial charge on any atom is -0.263 e. The number of halogens is 1. The highest BCUT2D eigenvalue weighted by atomic mass is 35.5. The van der Waals surface area contributed by atoms with Crippen LogP contribution in [0.4, 0.5) is 0 Å². The summed E-state index contributed by atoms with van der Waals surface area (Å²) in [6.07, 6.45) is 3.50. The Morgan fingerprint density at radius 1 is 1.22 bits per heavy atom. The van der Waals surface area contributed by atoms with Crippen LogP contribution >= 0.6 is 22.9 Å². The highest BCUT2D eigenvalue weighted by Crippen LogP contribution is 2.23. The van der Waals surface area contributed by atoms with Crippen molar-refractivity contribution in [2.24, 2.45) is 0 Å². The van der Waals surface area contributed by atoms with Crippen LogP contribution < -0.4 is 4.72 Å². The van der Waals surface area contributed by atoms with Gasteiger partial charge in [-0.1, -0.05) is 17.7 Å². The summed E-state index contributed by atoms with van der Waals surface area (Å²) in [5.74, 6) is 0. The third-order valence-corrected chi connectivity index (χ3v) is 5.97. The zero-order valence-corrected chi connectivity index (χ0v) is 14.4. The number of nitrogens with one attached hydrogen (secondary N) is 1. The smallest absolute Gasteiger partial charge is 0.240 e. The van der Waals surface area contributed by atoms with Gasteiger partial charge in [0.2, 0.25) is 10.0 Å². The van der Waals surface area contributed by atoms with Crippen molar-refractivity contribution < 1.29 is 8.42 Å². The van der Waals surface area contributed by atoms with Gasteiger partial charge in [-0.3, -0.25) is 4.68 Å². The molecule has 0 bridgehead atoms. The first-order chi connectivity index (χ1) is 11.1. The van der Waals surface area contributed by atoms with Gasteiger partial charge in [-0.25, -0.2) is 13.1 Å². The quantitative estimate of drug-likeness (QED) is 0.727. The summed E-state index contributed by atoms with van der Waals surface area (Å²) >= 11 is 7.36. The highest BCUT2D eigenvalue weighted by molar-refractivity contribution is 7.89. The van der Waals surface area contributed by atoms with Crippen LogP contribution in [0.2, 0.25) is 5.02 Å². The second kappa shape index (κ2) is 6.84. The van der Waals surface area contributed by atoms with Gasteiger partial charge in [0, 0.05) is 28.8 Å². The minimum atomic E-state index is -3.60. The fourth-order valence-corrected chi connectivity index (χ4v) is 4.14. The van der Waals surface area contributed by atoms with Crippen molar-refractivity contribution >= 4 is 33.0 Å². The fraction of sp³-hybridized carbons (Fsp3) is 0.133. The summed E-state index contributed by atoms with van der Waals surface area (Å²) in [4.78, 5) is 1.22. The van der Waals surface area contributed by atoms with Gasteiger partial charge in [-0.05, 0) is 41.8 Å². The highest BCUT2D eigenvalue weighted by Gasteiger charge is 2.20. The van der Waals surface area contributed by atoms with E-state index in [1.807, 2.05) is 29.8 Å². The molecule has 5 nitrogen and oxygen atoms in total. The average molecular weight is 368 g/mol. The second-order valence-corrected chi connectivity index (χ2v) is 8.01. The van der Waals surface area contributed by atoms with Crippen LogP contribution in [-0.2, 0) is 10.0 Å². The number of nitrogens with zero attached hydrogens (tertiary/aromatic N) is 2. The molecule has 0 fully saturated rings. The molecule has 120 valence electrons. The van der Waals surface area contributed by atoms with Crippen LogP contribution in [0.5, 0.6) is 0 Å². The van der Waals surface area contributed by atoms with E-state index >= 15 is 0 Å². The number of sulfonamides is 1. The summed E-state index contributed by atoms with van der Waals surface area (Å²) in [6.45, 7) is 0.215. The van der Waals surface area contributed by atoms with Gasteiger partial charge in [0.1, 0.15) is 0 Å². The molecule has 1 aromatic carbocycles. The molecular formula is C15H14ClN3O2S2. The summed E-state index contributed by atoms with van der Waals surface area (Å²) in [5, 5.41) is 6.68. The molecule has 0 radical (unpaired) electrons. The Labute approximate surface area is 143 Å². The lowest BCUT2D eigenvalue weighted by atomic mass is 10.2. The fourth-order valence-electron chi connectivity index (χ4n) is 2.16. The third-order valence-electron chi connectivity index (χ3n) is 3.31. The van der Waals surface area contributed by atoms with Gasteiger partial charge >= 0.3 is 0 Å². The molecule has 0 aliphatic rings. The number of thiophene rings is 1. The zero-order chi connectivity index (χ0) is 16.3. The van der Waals surface area contributed by atoms with Crippen molar-refractivity contribution in [2.45, 2.75) is 10.9 Å². The minimum absolute atomic E-state index is 0.187. The number of aromatic nitrogens is 2. The van der Waals surface area contributed by atoms with Crippen molar-refractivity contribution in [1.82, 2.24) is 14.5 Å². The number of hydrogen-bond acceptors (Lipinski definition) is 4. The zero-order valence-electron chi connectivity index (χ0n) is 12.0. The molecule has 1 N–H and O–H groups in total. The van der Waals surface area contributed by atoms with Gasteiger partial charge in [-0.2, -0.15) is 5.10 Å². The molecule has 0 spiro atoms. The Morgan fingerprint density at radius 3 is 2.61 bits per heavy atom. The summed E-state index contributed by atoms with van der Waals surface area (Å²) < 4.78 is 29.2. The molecule has 0 aliphatic heterocycles. The molecule has 1 unspecified atom stereocenters. The van der Waals surface area contributed by atoms with Crippen LogP contribution in [-0.4, -0.2) is 24.7 Å². The summed E-state index contributed by atoms with van der Waals surface area (Å²) in [6, 6.07) is 11.6. The van der Waals surface area contributed by atoms with E-state index in [2.05, 4.69) is 9.82 Å². The maximum atomic E-state index is 12.4. The molecule has 0 amide bonds. The Hall–Kier alpha value is -1.67. The summed E-state index contributed by atoms with van der Waals surface area (Å²) in [5.41, 5.74) is 0. The van der Waals surface area contributed by atoms with Crippen LogP contribution in [0.3, 0.4) is 0 Å². The number of benzene rings is 1. The van der Waals surface area contributed by atoms with E-state index in [0.717, 1.165) is 4.88 Å². The topological polar surface area (TPSA) is 64.0 Å². The van der Waals surface area contributed by atoms with E-state index in [-0.39, 0.29) is 17.5 Å². The number of hydrogen-bond donors (Lipinski definition) is 1. The van der Waals surface area contributed by atoms with Crippen molar-refractivity contribution in [3.8, 4) is 0 Å². The van der Waals surface area contributed by atoms with Crippen LogP contribution in [0, 0.1) is 0 Å². The van der Waals surface area contributed by atoms with E-state index < -0.39 is 10.0 Å². The van der Waals surface area contributed by atoms with Gasteiger partial charge in [-0.15, -0.1) is 11.3 Å².